The maximum absolute atomic E-state index is 12.3. The summed E-state index contributed by atoms with van der Waals surface area (Å²) >= 11 is 5.43. The van der Waals surface area contributed by atoms with Crippen molar-refractivity contribution < 1.29 is 22.3 Å². The Morgan fingerprint density at radius 3 is 2.50 bits per heavy atom. The van der Waals surface area contributed by atoms with E-state index in [-0.39, 0.29) is 10.8 Å². The van der Waals surface area contributed by atoms with Crippen LogP contribution in [0.25, 0.3) is 0 Å². The predicted molar refractivity (Wildman–Crippen MR) is 41.9 cm³/mol. The lowest BCUT2D eigenvalue weighted by Gasteiger charge is -2.13. The molecule has 1 nitrogen and oxygen atoms in total. The first-order chi connectivity index (χ1) is 6.39. The van der Waals surface area contributed by atoms with Gasteiger partial charge in [-0.05, 0) is 24.3 Å². The van der Waals surface area contributed by atoms with E-state index in [4.69, 9.17) is 11.6 Å². The molecule has 0 N–H and O–H groups in total. The highest BCUT2D eigenvalue weighted by atomic mass is 35.5. The minimum Gasteiger partial charge on any atom is -0.452 e. The molecule has 0 aliphatic carbocycles. The Morgan fingerprint density at radius 1 is 1.36 bits per heavy atom. The van der Waals surface area contributed by atoms with Crippen molar-refractivity contribution in [2.45, 2.75) is 12.5 Å². The molecule has 0 saturated heterocycles. The molecule has 1 atom stereocenters. The molecule has 0 amide bonds. The van der Waals surface area contributed by atoms with E-state index in [2.05, 4.69) is 10.8 Å². The van der Waals surface area contributed by atoms with Gasteiger partial charge in [-0.2, -0.15) is 17.6 Å². The topological polar surface area (TPSA) is 9.23 Å². The Morgan fingerprint density at radius 2 is 2.00 bits per heavy atom. The summed E-state index contributed by atoms with van der Waals surface area (Å²) in [5, 5.41) is 0.122. The molecule has 1 aromatic carbocycles. The molecule has 0 aromatic heterocycles. The quantitative estimate of drug-likeness (QED) is 0.704. The second kappa shape index (κ2) is 4.04. The molecule has 77 valence electrons. The van der Waals surface area contributed by atoms with Gasteiger partial charge in [-0.1, -0.05) is 11.6 Å². The molecule has 0 aliphatic heterocycles. The molecule has 0 fully saturated rings. The monoisotopic (exact) mass is 227 g/mol. The smallest absolute Gasteiger partial charge is 0.452 e. The molecular formula is C8H4ClF4O. The van der Waals surface area contributed by atoms with Crippen molar-refractivity contribution >= 4 is 11.6 Å². The number of alkyl halides is 4. The van der Waals surface area contributed by atoms with Crippen LogP contribution in [0.2, 0.25) is 5.02 Å². The molecule has 0 spiro atoms. The number of hydrogen-bond acceptors (Lipinski definition) is 1. The minimum atomic E-state index is -5.04. The predicted octanol–water partition coefficient (Wildman–Crippen LogP) is 3.38. The van der Waals surface area contributed by atoms with Crippen molar-refractivity contribution in [3.63, 3.8) is 0 Å². The fourth-order valence-electron chi connectivity index (χ4n) is 0.677. The van der Waals surface area contributed by atoms with Crippen LogP contribution >= 0.6 is 11.6 Å². The van der Waals surface area contributed by atoms with Crippen LogP contribution < -0.4 is 4.74 Å². The molecule has 0 bridgehead atoms. The molecule has 0 saturated carbocycles. The largest absolute Gasteiger partial charge is 0.457 e. The molecule has 0 heterocycles. The standard InChI is InChI=1S/C8H4ClF4O/c9-5-2-1-3-6(4-5)14-7(10)8(11,12)13/h2-4,7H. The molecule has 1 aromatic rings. The first kappa shape index (κ1) is 11.1. The Kier molecular flexibility index (Phi) is 3.21. The van der Waals surface area contributed by atoms with Gasteiger partial charge in [-0.15, -0.1) is 0 Å². The van der Waals surface area contributed by atoms with Crippen LogP contribution in [0.1, 0.15) is 0 Å². The van der Waals surface area contributed by atoms with E-state index in [1.807, 2.05) is 0 Å². The van der Waals surface area contributed by atoms with Gasteiger partial charge in [0, 0.05) is 5.02 Å². The normalized spacial score (nSPS) is 13.8. The van der Waals surface area contributed by atoms with Crippen LogP contribution in [0, 0.1) is 6.07 Å². The maximum Gasteiger partial charge on any atom is 0.457 e. The van der Waals surface area contributed by atoms with Gasteiger partial charge in [0.05, 0.1) is 0 Å². The molecule has 14 heavy (non-hydrogen) atoms. The lowest BCUT2D eigenvalue weighted by Crippen LogP contribution is -2.29. The Bertz CT molecular complexity index is 312. The molecular weight excluding hydrogens is 224 g/mol. The fraction of sp³-hybridized carbons (Fsp3) is 0.250. The summed E-state index contributed by atoms with van der Waals surface area (Å²) in [5.41, 5.74) is 0. The summed E-state index contributed by atoms with van der Waals surface area (Å²) in [4.78, 5) is 0. The van der Waals surface area contributed by atoms with Crippen LogP contribution in [0.3, 0.4) is 0 Å². The van der Waals surface area contributed by atoms with Gasteiger partial charge in [0.25, 0.3) is 0 Å². The Hall–Kier alpha value is -0.970. The van der Waals surface area contributed by atoms with Gasteiger partial charge in [-0.25, -0.2) is 0 Å². The average molecular weight is 228 g/mol. The minimum absolute atomic E-state index is 0.122. The number of rotatable bonds is 2. The van der Waals surface area contributed by atoms with Gasteiger partial charge in [-0.3, -0.25) is 0 Å². The van der Waals surface area contributed by atoms with Gasteiger partial charge in [0.2, 0.25) is 0 Å². The Labute approximate surface area is 82.2 Å². The van der Waals surface area contributed by atoms with Crippen molar-refractivity contribution in [2.75, 3.05) is 0 Å². The zero-order valence-corrected chi connectivity index (χ0v) is 7.36. The number of ether oxygens (including phenoxy) is 1. The van der Waals surface area contributed by atoms with E-state index in [0.29, 0.717) is 0 Å². The van der Waals surface area contributed by atoms with Crippen molar-refractivity contribution in [3.8, 4) is 5.75 Å². The SMILES string of the molecule is FC(Oc1c[c]cc(Cl)c1)C(F)(F)F. The average Bonchev–Trinajstić information content (AvgIpc) is 2.02. The lowest BCUT2D eigenvalue weighted by molar-refractivity contribution is -0.236. The Balaban J connectivity index is 2.70. The first-order valence-electron chi connectivity index (χ1n) is 3.43. The van der Waals surface area contributed by atoms with Crippen molar-refractivity contribution in [3.05, 3.63) is 29.3 Å². The summed E-state index contributed by atoms with van der Waals surface area (Å²) in [7, 11) is 0. The van der Waals surface area contributed by atoms with Crippen LogP contribution in [0.4, 0.5) is 17.6 Å². The number of hydrogen-bond donors (Lipinski definition) is 0. The molecule has 1 radical (unpaired) electrons. The van der Waals surface area contributed by atoms with Crippen molar-refractivity contribution in [1.29, 1.82) is 0 Å². The van der Waals surface area contributed by atoms with Crippen LogP contribution in [0.15, 0.2) is 18.2 Å². The van der Waals surface area contributed by atoms with Crippen LogP contribution in [-0.4, -0.2) is 12.5 Å². The van der Waals surface area contributed by atoms with E-state index in [9.17, 15) is 17.6 Å². The third-order valence-corrected chi connectivity index (χ3v) is 1.44. The summed E-state index contributed by atoms with van der Waals surface area (Å²) in [5.74, 6) is -0.317. The molecule has 0 aliphatic rings. The van der Waals surface area contributed by atoms with Crippen LogP contribution in [0.5, 0.6) is 5.75 Å². The first-order valence-corrected chi connectivity index (χ1v) is 3.81. The highest BCUT2D eigenvalue weighted by molar-refractivity contribution is 6.30. The van der Waals surface area contributed by atoms with E-state index in [1.54, 1.807) is 0 Å². The fourth-order valence-corrected chi connectivity index (χ4v) is 0.848. The second-order valence-electron chi connectivity index (χ2n) is 2.36. The van der Waals surface area contributed by atoms with Gasteiger partial charge >= 0.3 is 12.5 Å². The zero-order chi connectivity index (χ0) is 10.8. The summed E-state index contributed by atoms with van der Waals surface area (Å²) in [6.07, 6.45) is -8.39. The molecule has 1 rings (SSSR count). The van der Waals surface area contributed by atoms with Crippen molar-refractivity contribution in [2.24, 2.45) is 0 Å². The zero-order valence-electron chi connectivity index (χ0n) is 6.61. The van der Waals surface area contributed by atoms with Gasteiger partial charge in [0.15, 0.2) is 0 Å². The lowest BCUT2D eigenvalue weighted by atomic mass is 10.3. The molecule has 1 unspecified atom stereocenters. The van der Waals surface area contributed by atoms with E-state index < -0.39 is 12.5 Å². The van der Waals surface area contributed by atoms with Gasteiger partial charge in [0.1, 0.15) is 5.75 Å². The van der Waals surface area contributed by atoms with Gasteiger partial charge < -0.3 is 4.74 Å². The molecule has 6 heteroatoms. The third kappa shape index (κ3) is 3.06. The number of halogens is 5. The van der Waals surface area contributed by atoms with E-state index >= 15 is 0 Å². The van der Waals surface area contributed by atoms with E-state index in [0.717, 1.165) is 12.1 Å². The number of benzene rings is 1. The third-order valence-electron chi connectivity index (χ3n) is 1.22. The summed E-state index contributed by atoms with van der Waals surface area (Å²) < 4.78 is 51.4. The van der Waals surface area contributed by atoms with E-state index in [1.165, 1.54) is 6.07 Å². The van der Waals surface area contributed by atoms with Crippen LogP contribution in [-0.2, 0) is 0 Å². The van der Waals surface area contributed by atoms with Crippen molar-refractivity contribution in [1.82, 2.24) is 0 Å². The second-order valence-corrected chi connectivity index (χ2v) is 2.80. The highest BCUT2D eigenvalue weighted by Gasteiger charge is 2.42. The highest BCUT2D eigenvalue weighted by Crippen LogP contribution is 2.26. The summed E-state index contributed by atoms with van der Waals surface area (Å²) in [6.45, 7) is 0. The maximum atomic E-state index is 12.3. The summed E-state index contributed by atoms with van der Waals surface area (Å²) in [6, 6.07) is 5.84.